The van der Waals surface area contributed by atoms with E-state index in [2.05, 4.69) is 52.2 Å². The molecule has 0 radical (unpaired) electrons. The fourth-order valence-corrected chi connectivity index (χ4v) is 3.12. The number of hydrogen-bond acceptors (Lipinski definition) is 5. The molecule has 0 unspecified atom stereocenters. The van der Waals surface area contributed by atoms with Crippen molar-refractivity contribution in [2.75, 3.05) is 31.6 Å². The molecule has 0 N–H and O–H groups in total. The van der Waals surface area contributed by atoms with Gasteiger partial charge in [-0.25, -0.2) is 0 Å². The Hall–Kier alpha value is -2.14. The van der Waals surface area contributed by atoms with Crippen LogP contribution in [-0.2, 0) is 13.1 Å². The molecular formula is C19H24N4O. The van der Waals surface area contributed by atoms with Crippen molar-refractivity contribution in [2.45, 2.75) is 25.9 Å². The van der Waals surface area contributed by atoms with Crippen molar-refractivity contribution in [2.24, 2.45) is 5.92 Å². The number of benzene rings is 1. The first-order chi connectivity index (χ1) is 11.8. The summed E-state index contributed by atoms with van der Waals surface area (Å²) < 4.78 is 5.89. The minimum Gasteiger partial charge on any atom is -0.475 e. The summed E-state index contributed by atoms with van der Waals surface area (Å²) >= 11 is 0. The molecule has 1 aromatic heterocycles. The van der Waals surface area contributed by atoms with E-state index in [1.807, 2.05) is 6.20 Å². The maximum absolute atomic E-state index is 5.89. The van der Waals surface area contributed by atoms with Crippen molar-refractivity contribution < 1.29 is 4.74 Å². The predicted molar refractivity (Wildman–Crippen MR) is 94.1 cm³/mol. The zero-order valence-electron chi connectivity index (χ0n) is 14.2. The molecule has 126 valence electrons. The number of fused-ring (bicyclic) bond motifs is 1. The van der Waals surface area contributed by atoms with Crippen molar-refractivity contribution in [1.82, 2.24) is 14.9 Å². The van der Waals surface area contributed by atoms with Crippen LogP contribution >= 0.6 is 0 Å². The fraction of sp³-hybridized carbons (Fsp3) is 0.474. The lowest BCUT2D eigenvalue weighted by Crippen LogP contribution is -2.25. The largest absolute Gasteiger partial charge is 0.475 e. The molecule has 5 nitrogen and oxygen atoms in total. The van der Waals surface area contributed by atoms with E-state index in [-0.39, 0.29) is 0 Å². The molecule has 2 heterocycles. The third-order valence-corrected chi connectivity index (χ3v) is 4.69. The highest BCUT2D eigenvalue weighted by Gasteiger charge is 2.24. The highest BCUT2D eigenvalue weighted by Crippen LogP contribution is 2.31. The van der Waals surface area contributed by atoms with Gasteiger partial charge in [0.15, 0.2) is 5.82 Å². The second-order valence-electron chi connectivity index (χ2n) is 6.85. The molecule has 4 rings (SSSR count). The summed E-state index contributed by atoms with van der Waals surface area (Å²) in [7, 11) is 2.09. The van der Waals surface area contributed by atoms with Gasteiger partial charge in [0, 0.05) is 33.2 Å². The molecule has 0 saturated heterocycles. The molecule has 1 aromatic carbocycles. The zero-order chi connectivity index (χ0) is 16.4. The highest BCUT2D eigenvalue weighted by molar-refractivity contribution is 5.39. The van der Waals surface area contributed by atoms with Crippen LogP contribution in [0, 0.1) is 5.92 Å². The molecule has 2 aliphatic rings. The third kappa shape index (κ3) is 3.67. The Morgan fingerprint density at radius 1 is 1.25 bits per heavy atom. The Labute approximate surface area is 143 Å². The second kappa shape index (κ2) is 6.77. The summed E-state index contributed by atoms with van der Waals surface area (Å²) in [5.41, 5.74) is 2.25. The average molecular weight is 324 g/mol. The summed E-state index contributed by atoms with van der Waals surface area (Å²) in [6, 6.07) is 10.5. The van der Waals surface area contributed by atoms with E-state index in [1.165, 1.54) is 18.4 Å². The summed E-state index contributed by atoms with van der Waals surface area (Å²) in [5, 5.41) is 0. The Morgan fingerprint density at radius 3 is 2.88 bits per heavy atom. The molecule has 5 heteroatoms. The number of ether oxygens (including phenoxy) is 1. The van der Waals surface area contributed by atoms with E-state index >= 15 is 0 Å². The van der Waals surface area contributed by atoms with Crippen LogP contribution in [0.25, 0.3) is 0 Å². The molecular weight excluding hydrogens is 300 g/mol. The van der Waals surface area contributed by atoms with Crippen LogP contribution in [0.4, 0.5) is 5.82 Å². The van der Waals surface area contributed by atoms with E-state index in [1.54, 1.807) is 0 Å². The summed E-state index contributed by atoms with van der Waals surface area (Å²) in [5.74, 6) is 2.45. The molecule has 0 spiro atoms. The zero-order valence-corrected chi connectivity index (χ0v) is 14.2. The van der Waals surface area contributed by atoms with E-state index in [0.29, 0.717) is 12.5 Å². The van der Waals surface area contributed by atoms with E-state index in [0.717, 1.165) is 43.6 Å². The van der Waals surface area contributed by atoms with Gasteiger partial charge in [0.25, 0.3) is 0 Å². The van der Waals surface area contributed by atoms with Crippen molar-refractivity contribution in [3.05, 3.63) is 47.8 Å². The topological polar surface area (TPSA) is 41.5 Å². The molecule has 0 amide bonds. The predicted octanol–water partition coefficient (Wildman–Crippen LogP) is 2.72. The monoisotopic (exact) mass is 324 g/mol. The summed E-state index contributed by atoms with van der Waals surface area (Å²) in [6.45, 7) is 4.30. The summed E-state index contributed by atoms with van der Waals surface area (Å²) in [6.07, 6.45) is 4.57. The first-order valence-corrected chi connectivity index (χ1v) is 8.74. The van der Waals surface area contributed by atoms with Gasteiger partial charge in [-0.15, -0.1) is 0 Å². The maximum atomic E-state index is 5.89. The minimum atomic E-state index is 0.657. The smallest absolute Gasteiger partial charge is 0.239 e. The van der Waals surface area contributed by atoms with E-state index < -0.39 is 0 Å². The number of hydrogen-bond donors (Lipinski definition) is 0. The molecule has 0 atom stereocenters. The second-order valence-corrected chi connectivity index (χ2v) is 6.85. The van der Waals surface area contributed by atoms with Crippen LogP contribution in [0.15, 0.2) is 36.5 Å². The molecule has 2 aromatic rings. The molecule has 0 bridgehead atoms. The van der Waals surface area contributed by atoms with Gasteiger partial charge < -0.3 is 9.64 Å². The van der Waals surface area contributed by atoms with Gasteiger partial charge in [0.05, 0.1) is 6.20 Å². The van der Waals surface area contributed by atoms with Crippen molar-refractivity contribution in [3.63, 3.8) is 0 Å². The van der Waals surface area contributed by atoms with Crippen molar-refractivity contribution >= 4 is 5.82 Å². The number of nitrogens with zero attached hydrogens (tertiary/aromatic N) is 4. The van der Waals surface area contributed by atoms with Crippen molar-refractivity contribution in [1.29, 1.82) is 0 Å². The first-order valence-electron chi connectivity index (χ1n) is 8.74. The standard InChI is InChI=1S/C19H24N4O/c1-22(12-16-7-8-16)18-11-20-17-14-23(9-10-24-19(17)21-18)13-15-5-3-2-4-6-15/h2-6,11,16H,7-10,12-14H2,1H3. The molecule has 1 saturated carbocycles. The van der Waals surface area contributed by atoms with E-state index in [9.17, 15) is 0 Å². The number of rotatable bonds is 5. The molecule has 1 aliphatic carbocycles. The Morgan fingerprint density at radius 2 is 2.08 bits per heavy atom. The van der Waals surface area contributed by atoms with Gasteiger partial charge in [-0.2, -0.15) is 4.98 Å². The number of anilines is 1. The van der Waals surface area contributed by atoms with Gasteiger partial charge in [0.1, 0.15) is 12.3 Å². The van der Waals surface area contributed by atoms with Gasteiger partial charge in [0.2, 0.25) is 5.88 Å². The maximum Gasteiger partial charge on any atom is 0.239 e. The molecule has 1 fully saturated rings. The lowest BCUT2D eigenvalue weighted by atomic mass is 10.2. The minimum absolute atomic E-state index is 0.657. The highest BCUT2D eigenvalue weighted by atomic mass is 16.5. The van der Waals surface area contributed by atoms with Crippen LogP contribution in [0.5, 0.6) is 5.88 Å². The van der Waals surface area contributed by atoms with Gasteiger partial charge in [-0.05, 0) is 24.3 Å². The lowest BCUT2D eigenvalue weighted by Gasteiger charge is -2.19. The average Bonchev–Trinajstić information content (AvgIpc) is 3.42. The van der Waals surface area contributed by atoms with Crippen LogP contribution in [-0.4, -0.2) is 41.6 Å². The van der Waals surface area contributed by atoms with Crippen LogP contribution in [0.2, 0.25) is 0 Å². The van der Waals surface area contributed by atoms with Crippen LogP contribution < -0.4 is 9.64 Å². The number of aromatic nitrogens is 2. The van der Waals surface area contributed by atoms with Crippen LogP contribution in [0.1, 0.15) is 24.1 Å². The SMILES string of the molecule is CN(CC1CC1)c1cnc2c(n1)OCCN(Cc1ccccc1)C2. The van der Waals surface area contributed by atoms with Crippen LogP contribution in [0.3, 0.4) is 0 Å². The van der Waals surface area contributed by atoms with Gasteiger partial charge >= 0.3 is 0 Å². The normalized spacial score (nSPS) is 17.7. The van der Waals surface area contributed by atoms with Crippen molar-refractivity contribution in [3.8, 4) is 5.88 Å². The Bertz CT molecular complexity index is 687. The quantitative estimate of drug-likeness (QED) is 0.846. The lowest BCUT2D eigenvalue weighted by molar-refractivity contribution is 0.217. The third-order valence-electron chi connectivity index (χ3n) is 4.69. The molecule has 24 heavy (non-hydrogen) atoms. The fourth-order valence-electron chi connectivity index (χ4n) is 3.12. The summed E-state index contributed by atoms with van der Waals surface area (Å²) in [4.78, 5) is 13.9. The van der Waals surface area contributed by atoms with Gasteiger partial charge in [-0.1, -0.05) is 30.3 Å². The molecule has 1 aliphatic heterocycles. The Kier molecular flexibility index (Phi) is 4.34. The van der Waals surface area contributed by atoms with Gasteiger partial charge in [-0.3, -0.25) is 9.88 Å². The first kappa shape index (κ1) is 15.4. The van der Waals surface area contributed by atoms with E-state index in [4.69, 9.17) is 9.72 Å². The Balaban J connectivity index is 1.46.